The number of rotatable bonds is 15. The van der Waals surface area contributed by atoms with Crippen LogP contribution in [0.25, 0.3) is 0 Å². The monoisotopic (exact) mass is 850 g/mol. The zero-order valence-electron chi connectivity index (χ0n) is 29.2. The summed E-state index contributed by atoms with van der Waals surface area (Å²) in [6, 6.07) is 2.80. The highest BCUT2D eigenvalue weighted by Gasteiger charge is 2.53. The Bertz CT molecular complexity index is 1800. The topological polar surface area (TPSA) is 171 Å². The first-order valence-electron chi connectivity index (χ1n) is 16.1. The van der Waals surface area contributed by atoms with Crippen molar-refractivity contribution in [3.63, 3.8) is 0 Å². The Hall–Kier alpha value is -4.01. The highest BCUT2D eigenvalue weighted by atomic mass is 35.5. The molecule has 55 heavy (non-hydrogen) atoms. The lowest BCUT2D eigenvalue weighted by molar-refractivity contribution is -0.165. The zero-order valence-corrected chi connectivity index (χ0v) is 31.5. The zero-order chi connectivity index (χ0) is 41.8. The lowest BCUT2D eigenvalue weighted by Crippen LogP contribution is -2.60. The maximum Gasteiger partial charge on any atom is 0.405 e. The van der Waals surface area contributed by atoms with E-state index in [1.807, 2.05) is 10.6 Å². The standard InChI is InChI=1S/C33H35Cl2F7N4O8S/c1-15(2)24(26(47)33(41,42)29(50)43-14-31(36,37)38)45-27(48)23-11-18(25(55(52)53)17-5-8-20(54-4)9-6-17)13-46(23)28(49)16(3)44-30(51)32(39,40)21-12-19(34)7-10-22(21)35/h5-10,12,15-16,18,23-25H,11,13-14H2,1-4H3,(H,43,50)(H,44,51)(H,45,48)(H,52,53)/t16-,18+,23-,24-,25?/m0/s1. The average Bonchev–Trinajstić information content (AvgIpc) is 3.54. The normalized spacial score (nSPS) is 18.6. The van der Waals surface area contributed by atoms with Crippen LogP contribution in [0.1, 0.15) is 43.6 Å². The molecule has 0 bridgehead atoms. The minimum absolute atomic E-state index is 0.196. The Kier molecular flexibility index (Phi) is 14.7. The van der Waals surface area contributed by atoms with Crippen LogP contribution in [0.4, 0.5) is 30.7 Å². The van der Waals surface area contributed by atoms with Gasteiger partial charge in [0.25, 0.3) is 11.8 Å². The number of amides is 4. The van der Waals surface area contributed by atoms with E-state index in [9.17, 15) is 54.7 Å². The lowest BCUT2D eigenvalue weighted by Gasteiger charge is -2.30. The molecule has 1 saturated heterocycles. The molecule has 0 spiro atoms. The second-order valence-corrected chi connectivity index (χ2v) is 14.7. The van der Waals surface area contributed by atoms with E-state index in [-0.39, 0.29) is 10.6 Å². The van der Waals surface area contributed by atoms with Crippen LogP contribution < -0.4 is 20.7 Å². The van der Waals surface area contributed by atoms with E-state index in [2.05, 4.69) is 0 Å². The summed E-state index contributed by atoms with van der Waals surface area (Å²) in [6.45, 7) is 0.552. The number of hydrogen-bond donors (Lipinski definition) is 4. The fourth-order valence-corrected chi connectivity index (χ4v) is 7.09. The number of nitrogens with zero attached hydrogens (tertiary/aromatic N) is 1. The molecule has 2 aromatic rings. The number of halogens is 9. The Labute approximate surface area is 322 Å². The van der Waals surface area contributed by atoms with Crippen LogP contribution in [0.15, 0.2) is 42.5 Å². The molecule has 3 rings (SSSR count). The van der Waals surface area contributed by atoms with Crippen molar-refractivity contribution in [2.45, 2.75) is 68.6 Å². The van der Waals surface area contributed by atoms with E-state index in [0.717, 1.165) is 43.1 Å². The van der Waals surface area contributed by atoms with Gasteiger partial charge in [0.15, 0.2) is 11.1 Å². The van der Waals surface area contributed by atoms with E-state index in [4.69, 9.17) is 27.9 Å². The molecular formula is C33H35Cl2F7N4O8S. The van der Waals surface area contributed by atoms with Crippen LogP contribution in [0.5, 0.6) is 5.75 Å². The molecule has 6 atom stereocenters. The van der Waals surface area contributed by atoms with Gasteiger partial charge in [-0.3, -0.25) is 24.0 Å². The Morgan fingerprint density at radius 2 is 1.55 bits per heavy atom. The minimum atomic E-state index is -5.10. The number of carbonyl (C=O) groups is 5. The molecule has 0 aromatic heterocycles. The predicted octanol–water partition coefficient (Wildman–Crippen LogP) is 4.80. The van der Waals surface area contributed by atoms with E-state index in [1.54, 1.807) is 0 Å². The van der Waals surface area contributed by atoms with Gasteiger partial charge in [0, 0.05) is 11.6 Å². The summed E-state index contributed by atoms with van der Waals surface area (Å²) in [5, 5.41) is 2.68. The smallest absolute Gasteiger partial charge is 0.405 e. The Morgan fingerprint density at radius 3 is 2.07 bits per heavy atom. The molecule has 1 aliphatic heterocycles. The Balaban J connectivity index is 1.98. The van der Waals surface area contributed by atoms with Crippen molar-refractivity contribution in [1.82, 2.24) is 20.9 Å². The van der Waals surface area contributed by atoms with Crippen molar-refractivity contribution in [3.05, 3.63) is 63.6 Å². The van der Waals surface area contributed by atoms with E-state index < -0.39 is 124 Å². The minimum Gasteiger partial charge on any atom is -0.497 e. The number of Topliss-reactive ketones (excluding diaryl/α,β-unsaturated/α-hetero) is 1. The van der Waals surface area contributed by atoms with Crippen LogP contribution in [0, 0.1) is 11.8 Å². The second-order valence-electron chi connectivity index (χ2n) is 12.8. The third-order valence-corrected chi connectivity index (χ3v) is 10.2. The molecule has 12 nitrogen and oxygen atoms in total. The number of alkyl halides is 7. The molecule has 0 saturated carbocycles. The van der Waals surface area contributed by atoms with Gasteiger partial charge in [0.2, 0.25) is 17.6 Å². The van der Waals surface area contributed by atoms with Gasteiger partial charge in [0.1, 0.15) is 24.4 Å². The van der Waals surface area contributed by atoms with Gasteiger partial charge >= 0.3 is 18.0 Å². The van der Waals surface area contributed by atoms with Crippen LogP contribution in [-0.4, -0.2) is 93.5 Å². The molecule has 2 unspecified atom stereocenters. The van der Waals surface area contributed by atoms with E-state index in [0.29, 0.717) is 5.75 Å². The maximum atomic E-state index is 15.3. The number of hydrogen-bond acceptors (Lipinski definition) is 7. The van der Waals surface area contributed by atoms with Crippen LogP contribution in [0.2, 0.25) is 10.0 Å². The van der Waals surface area contributed by atoms with Crippen molar-refractivity contribution in [2.75, 3.05) is 20.2 Å². The Morgan fingerprint density at radius 1 is 0.945 bits per heavy atom. The fourth-order valence-electron chi connectivity index (χ4n) is 5.77. The molecule has 22 heteroatoms. The summed E-state index contributed by atoms with van der Waals surface area (Å²) in [5.74, 6) is -20.8. The summed E-state index contributed by atoms with van der Waals surface area (Å²) in [5.41, 5.74) is -0.780. The van der Waals surface area contributed by atoms with Crippen LogP contribution in [-0.2, 0) is 41.0 Å². The fraction of sp³-hybridized carbons (Fsp3) is 0.485. The number of benzene rings is 2. The van der Waals surface area contributed by atoms with Crippen molar-refractivity contribution in [3.8, 4) is 5.75 Å². The van der Waals surface area contributed by atoms with Crippen LogP contribution in [0.3, 0.4) is 0 Å². The molecule has 304 valence electrons. The van der Waals surface area contributed by atoms with Gasteiger partial charge in [-0.05, 0) is 61.1 Å². The largest absolute Gasteiger partial charge is 0.497 e. The number of ether oxygens (including phenoxy) is 1. The number of methoxy groups -OCH3 is 1. The summed E-state index contributed by atoms with van der Waals surface area (Å²) in [4.78, 5) is 66.1. The molecule has 2 aromatic carbocycles. The molecule has 1 heterocycles. The first-order valence-corrected chi connectivity index (χ1v) is 18.0. The highest BCUT2D eigenvalue weighted by molar-refractivity contribution is 7.79. The first-order chi connectivity index (χ1) is 25.3. The number of nitrogens with one attached hydrogen (secondary N) is 3. The van der Waals surface area contributed by atoms with Crippen molar-refractivity contribution in [1.29, 1.82) is 0 Å². The van der Waals surface area contributed by atoms with Crippen molar-refractivity contribution >= 4 is 63.7 Å². The van der Waals surface area contributed by atoms with Crippen molar-refractivity contribution < 1.29 is 68.2 Å². The summed E-state index contributed by atoms with van der Waals surface area (Å²) < 4.78 is 126. The van der Waals surface area contributed by atoms with Crippen molar-refractivity contribution in [2.24, 2.45) is 11.8 Å². The first kappa shape index (κ1) is 45.4. The van der Waals surface area contributed by atoms with Gasteiger partial charge in [-0.2, -0.15) is 30.7 Å². The molecule has 0 radical (unpaired) electrons. The van der Waals surface area contributed by atoms with Gasteiger partial charge in [-0.15, -0.1) is 0 Å². The van der Waals surface area contributed by atoms with Gasteiger partial charge in [-0.1, -0.05) is 49.2 Å². The van der Waals surface area contributed by atoms with Gasteiger partial charge in [-0.25, -0.2) is 4.21 Å². The molecular weight excluding hydrogens is 816 g/mol. The SMILES string of the molecule is COc1ccc(C([C@@H]2C[C@@H](C(=O)N[C@H](C(=O)C(F)(F)C(=O)NCC(F)(F)F)C(C)C)N(C(=O)[C@H](C)NC(=O)C(F)(F)c3cc(Cl)ccc3Cl)C2)S(=O)O)cc1. The third-order valence-electron chi connectivity index (χ3n) is 8.57. The maximum absolute atomic E-state index is 15.3. The quantitative estimate of drug-likeness (QED) is 0.113. The predicted molar refractivity (Wildman–Crippen MR) is 184 cm³/mol. The molecule has 4 amide bonds. The van der Waals surface area contributed by atoms with Gasteiger partial charge < -0.3 is 30.1 Å². The number of likely N-dealkylation sites (tertiary alicyclic amines) is 1. The molecule has 4 N–H and O–H groups in total. The van der Waals surface area contributed by atoms with Crippen LogP contribution >= 0.6 is 23.2 Å². The molecule has 1 fully saturated rings. The third kappa shape index (κ3) is 10.9. The number of carbonyl (C=O) groups excluding carboxylic acids is 5. The van der Waals surface area contributed by atoms with Gasteiger partial charge in [0.05, 0.1) is 29.0 Å². The second kappa shape index (κ2) is 17.8. The van der Waals surface area contributed by atoms with E-state index in [1.165, 1.54) is 37.4 Å². The molecule has 0 aliphatic carbocycles. The molecule has 1 aliphatic rings. The van der Waals surface area contributed by atoms with E-state index >= 15 is 8.78 Å². The lowest BCUT2D eigenvalue weighted by atomic mass is 9.93. The number of ketones is 1. The summed E-state index contributed by atoms with van der Waals surface area (Å²) in [6.07, 6.45) is -5.59. The average molecular weight is 852 g/mol. The summed E-state index contributed by atoms with van der Waals surface area (Å²) in [7, 11) is 1.36. The highest BCUT2D eigenvalue weighted by Crippen LogP contribution is 2.39. The summed E-state index contributed by atoms with van der Waals surface area (Å²) >= 11 is 8.95.